The molecule has 0 saturated heterocycles. The van der Waals surface area contributed by atoms with Crippen molar-refractivity contribution in [3.05, 3.63) is 70.7 Å². The maximum Gasteiger partial charge on any atom is 0.437 e. The fourth-order valence-corrected chi connectivity index (χ4v) is 2.22. The Morgan fingerprint density at radius 1 is 1.08 bits per heavy atom. The summed E-state index contributed by atoms with van der Waals surface area (Å²) in [5.41, 5.74) is 1.79. The van der Waals surface area contributed by atoms with Crippen LogP contribution in [0.15, 0.2) is 63.8 Å². The van der Waals surface area contributed by atoms with E-state index in [2.05, 4.69) is 5.10 Å². The molecule has 0 saturated carbocycles. The molecule has 3 aromatic rings. The highest BCUT2D eigenvalue weighted by Crippen LogP contribution is 2.14. The van der Waals surface area contributed by atoms with Crippen LogP contribution in [0.4, 0.5) is 0 Å². The maximum absolute atomic E-state index is 11.8. The van der Waals surface area contributed by atoms with Crippen molar-refractivity contribution in [1.29, 1.82) is 0 Å². The van der Waals surface area contributed by atoms with Gasteiger partial charge in [0.05, 0.1) is 0 Å². The number of hydrogen-bond acceptors (Lipinski definition) is 6. The van der Waals surface area contributed by atoms with E-state index in [1.807, 2.05) is 37.3 Å². The van der Waals surface area contributed by atoms with Crippen LogP contribution in [0.5, 0.6) is 5.75 Å². The van der Waals surface area contributed by atoms with Gasteiger partial charge in [-0.15, -0.1) is 5.10 Å². The van der Waals surface area contributed by atoms with E-state index in [9.17, 15) is 9.59 Å². The SMILES string of the molecule is Cc1ccc(OCCOC(=O)Cn2nc(-c3ccccc3)oc2=O)cc1. The van der Waals surface area contributed by atoms with E-state index >= 15 is 0 Å². The van der Waals surface area contributed by atoms with Crippen molar-refractivity contribution < 1.29 is 18.7 Å². The van der Waals surface area contributed by atoms with Gasteiger partial charge >= 0.3 is 11.7 Å². The van der Waals surface area contributed by atoms with Crippen molar-refractivity contribution >= 4 is 5.97 Å². The second-order valence-corrected chi connectivity index (χ2v) is 5.58. The first-order valence-corrected chi connectivity index (χ1v) is 8.10. The van der Waals surface area contributed by atoms with E-state index in [1.165, 1.54) is 0 Å². The van der Waals surface area contributed by atoms with Crippen molar-refractivity contribution in [2.24, 2.45) is 0 Å². The number of aryl methyl sites for hydroxylation is 1. The summed E-state index contributed by atoms with van der Waals surface area (Å²) < 4.78 is 16.5. The number of carbonyl (C=O) groups is 1. The molecule has 0 unspecified atom stereocenters. The molecule has 0 spiro atoms. The highest BCUT2D eigenvalue weighted by molar-refractivity contribution is 5.69. The van der Waals surface area contributed by atoms with Gasteiger partial charge in [0.2, 0.25) is 5.89 Å². The Morgan fingerprint density at radius 3 is 2.54 bits per heavy atom. The molecule has 0 aliphatic rings. The van der Waals surface area contributed by atoms with Gasteiger partial charge in [0.1, 0.15) is 25.5 Å². The normalized spacial score (nSPS) is 10.5. The van der Waals surface area contributed by atoms with Crippen LogP contribution >= 0.6 is 0 Å². The maximum atomic E-state index is 11.8. The van der Waals surface area contributed by atoms with Crippen LogP contribution in [0.3, 0.4) is 0 Å². The Bertz CT molecular complexity index is 913. The average molecular weight is 354 g/mol. The number of rotatable bonds is 7. The minimum Gasteiger partial charge on any atom is -0.490 e. The molecule has 134 valence electrons. The number of esters is 1. The quantitative estimate of drug-likeness (QED) is 0.479. The highest BCUT2D eigenvalue weighted by Gasteiger charge is 2.13. The second-order valence-electron chi connectivity index (χ2n) is 5.58. The first-order valence-electron chi connectivity index (χ1n) is 8.10. The van der Waals surface area contributed by atoms with E-state index in [0.29, 0.717) is 11.3 Å². The van der Waals surface area contributed by atoms with Crippen molar-refractivity contribution in [2.45, 2.75) is 13.5 Å². The molecule has 0 fully saturated rings. The molecular weight excluding hydrogens is 336 g/mol. The number of hydrogen-bond donors (Lipinski definition) is 0. The molecule has 0 N–H and O–H groups in total. The molecule has 0 aliphatic carbocycles. The van der Waals surface area contributed by atoms with Gasteiger partial charge in [0.15, 0.2) is 0 Å². The zero-order valence-corrected chi connectivity index (χ0v) is 14.3. The van der Waals surface area contributed by atoms with Crippen LogP contribution in [0.2, 0.25) is 0 Å². The van der Waals surface area contributed by atoms with Crippen LogP contribution in [0, 0.1) is 6.92 Å². The van der Waals surface area contributed by atoms with Gasteiger partial charge in [-0.2, -0.15) is 4.68 Å². The molecule has 0 atom stereocenters. The van der Waals surface area contributed by atoms with Crippen LogP contribution in [-0.4, -0.2) is 29.0 Å². The van der Waals surface area contributed by atoms with E-state index in [-0.39, 0.29) is 25.6 Å². The summed E-state index contributed by atoms with van der Waals surface area (Å²) in [6.07, 6.45) is 0. The fraction of sp³-hybridized carbons (Fsp3) is 0.211. The third-order valence-corrected chi connectivity index (χ3v) is 3.54. The van der Waals surface area contributed by atoms with E-state index < -0.39 is 11.7 Å². The Kier molecular flexibility index (Phi) is 5.48. The summed E-state index contributed by atoms with van der Waals surface area (Å²) in [6.45, 7) is 1.96. The van der Waals surface area contributed by atoms with Gasteiger partial charge in [-0.1, -0.05) is 35.9 Å². The van der Waals surface area contributed by atoms with Gasteiger partial charge < -0.3 is 13.9 Å². The number of aromatic nitrogens is 2. The van der Waals surface area contributed by atoms with Crippen molar-refractivity contribution in [2.75, 3.05) is 13.2 Å². The Balaban J connectivity index is 1.48. The lowest BCUT2D eigenvalue weighted by atomic mass is 10.2. The third-order valence-electron chi connectivity index (χ3n) is 3.54. The van der Waals surface area contributed by atoms with Crippen LogP contribution in [0.1, 0.15) is 5.56 Å². The lowest BCUT2D eigenvalue weighted by molar-refractivity contribution is -0.145. The molecule has 1 aromatic heterocycles. The molecule has 0 bridgehead atoms. The third kappa shape index (κ3) is 4.60. The largest absolute Gasteiger partial charge is 0.490 e. The minimum absolute atomic E-state index is 0.0743. The summed E-state index contributed by atoms with van der Waals surface area (Å²) in [6, 6.07) is 16.5. The molecular formula is C19H18N2O5. The monoisotopic (exact) mass is 354 g/mol. The van der Waals surface area contributed by atoms with Gasteiger partial charge in [-0.3, -0.25) is 4.79 Å². The molecule has 0 radical (unpaired) electrons. The van der Waals surface area contributed by atoms with Gasteiger partial charge in [-0.25, -0.2) is 4.79 Å². The average Bonchev–Trinajstić information content (AvgIpc) is 3.01. The fourth-order valence-electron chi connectivity index (χ4n) is 2.22. The molecule has 0 aliphatic heterocycles. The summed E-state index contributed by atoms with van der Waals surface area (Å²) in [7, 11) is 0. The lowest BCUT2D eigenvalue weighted by Gasteiger charge is -2.07. The Morgan fingerprint density at radius 2 is 1.81 bits per heavy atom. The summed E-state index contributed by atoms with van der Waals surface area (Å²) in [4.78, 5) is 23.6. The predicted octanol–water partition coefficient (Wildman–Crippen LogP) is 2.43. The number of ether oxygens (including phenoxy) is 2. The predicted molar refractivity (Wildman–Crippen MR) is 93.8 cm³/mol. The van der Waals surface area contributed by atoms with Crippen LogP contribution in [0.25, 0.3) is 11.5 Å². The zero-order chi connectivity index (χ0) is 18.4. The number of carbonyl (C=O) groups excluding carboxylic acids is 1. The molecule has 7 nitrogen and oxygen atoms in total. The summed E-state index contributed by atoms with van der Waals surface area (Å²) in [5.74, 6) is -0.442. The van der Waals surface area contributed by atoms with Crippen molar-refractivity contribution in [1.82, 2.24) is 9.78 Å². The molecule has 7 heteroatoms. The van der Waals surface area contributed by atoms with Gasteiger partial charge in [0.25, 0.3) is 0 Å². The van der Waals surface area contributed by atoms with Crippen molar-refractivity contribution in [3.63, 3.8) is 0 Å². The van der Waals surface area contributed by atoms with E-state index in [1.54, 1.807) is 24.3 Å². The Hall–Kier alpha value is -3.35. The standard InChI is InChI=1S/C19H18N2O5/c1-14-7-9-16(10-8-14)24-11-12-25-17(22)13-21-19(23)26-18(20-21)15-5-3-2-4-6-15/h2-10H,11-13H2,1H3. The molecule has 3 rings (SSSR count). The molecule has 26 heavy (non-hydrogen) atoms. The van der Waals surface area contributed by atoms with Crippen molar-refractivity contribution in [3.8, 4) is 17.2 Å². The summed E-state index contributed by atoms with van der Waals surface area (Å²) in [5, 5.41) is 4.01. The molecule has 0 amide bonds. The highest BCUT2D eigenvalue weighted by atomic mass is 16.6. The van der Waals surface area contributed by atoms with Gasteiger partial charge in [-0.05, 0) is 31.2 Å². The number of nitrogens with zero attached hydrogens (tertiary/aromatic N) is 2. The minimum atomic E-state index is -0.711. The molecule has 1 heterocycles. The topological polar surface area (TPSA) is 83.6 Å². The number of benzene rings is 2. The lowest BCUT2D eigenvalue weighted by Crippen LogP contribution is -2.24. The van der Waals surface area contributed by atoms with Crippen LogP contribution in [-0.2, 0) is 16.1 Å². The van der Waals surface area contributed by atoms with Crippen LogP contribution < -0.4 is 10.5 Å². The first kappa shape index (κ1) is 17.5. The zero-order valence-electron chi connectivity index (χ0n) is 14.3. The van der Waals surface area contributed by atoms with E-state index in [4.69, 9.17) is 13.9 Å². The smallest absolute Gasteiger partial charge is 0.437 e. The summed E-state index contributed by atoms with van der Waals surface area (Å²) >= 11 is 0. The Labute approximate surface area is 149 Å². The second kappa shape index (κ2) is 8.15. The van der Waals surface area contributed by atoms with Gasteiger partial charge in [0, 0.05) is 5.56 Å². The molecule has 2 aromatic carbocycles. The van der Waals surface area contributed by atoms with E-state index in [0.717, 1.165) is 10.2 Å². The first-order chi connectivity index (χ1) is 12.6.